The van der Waals surface area contributed by atoms with Crippen LogP contribution in [0.4, 0.5) is 17.1 Å². The van der Waals surface area contributed by atoms with Crippen LogP contribution in [0.1, 0.15) is 36.1 Å². The van der Waals surface area contributed by atoms with Crippen LogP contribution < -0.4 is 4.90 Å². The van der Waals surface area contributed by atoms with Crippen LogP contribution in [0.2, 0.25) is 0 Å². The summed E-state index contributed by atoms with van der Waals surface area (Å²) in [6, 6.07) is 70.9. The zero-order chi connectivity index (χ0) is 41.7. The van der Waals surface area contributed by atoms with E-state index in [-0.39, 0.29) is 5.41 Å². The Morgan fingerprint density at radius 1 is 0.435 bits per heavy atom. The van der Waals surface area contributed by atoms with Gasteiger partial charge in [-0.25, -0.2) is 0 Å². The number of nitrogens with zero attached hydrogens (tertiary/aromatic N) is 5. The van der Waals surface area contributed by atoms with Gasteiger partial charge in [-0.2, -0.15) is 10.5 Å². The van der Waals surface area contributed by atoms with Crippen molar-refractivity contribution in [3.63, 3.8) is 0 Å². The first kappa shape index (κ1) is 35.6. The molecule has 1 aliphatic rings. The lowest BCUT2D eigenvalue weighted by Crippen LogP contribution is -2.15. The maximum atomic E-state index is 11.2. The first-order valence-electron chi connectivity index (χ1n) is 21.0. The van der Waals surface area contributed by atoms with Crippen LogP contribution in [0.15, 0.2) is 188 Å². The molecule has 11 aromatic rings. The van der Waals surface area contributed by atoms with E-state index in [2.05, 4.69) is 198 Å². The van der Waals surface area contributed by atoms with E-state index >= 15 is 0 Å². The van der Waals surface area contributed by atoms with E-state index in [1.54, 1.807) is 0 Å². The molecule has 2 heterocycles. The molecule has 0 aliphatic heterocycles. The smallest absolute Gasteiger partial charge is 0.101 e. The summed E-state index contributed by atoms with van der Waals surface area (Å²) in [4.78, 5) is 2.30. The molecular formula is C57H37N5. The fourth-order valence-corrected chi connectivity index (χ4v) is 10.5. The fourth-order valence-electron chi connectivity index (χ4n) is 10.5. The average molecular weight is 792 g/mol. The number of hydrogen-bond acceptors (Lipinski definition) is 3. The Labute approximate surface area is 358 Å². The van der Waals surface area contributed by atoms with Crippen LogP contribution in [-0.4, -0.2) is 9.13 Å². The average Bonchev–Trinajstić information content (AvgIpc) is 3.92. The maximum absolute atomic E-state index is 11.2. The molecule has 12 rings (SSSR count). The lowest BCUT2D eigenvalue weighted by Gasteiger charge is -2.26. The summed E-state index contributed by atoms with van der Waals surface area (Å²) in [6.45, 7) is 4.64. The lowest BCUT2D eigenvalue weighted by molar-refractivity contribution is 0.666. The van der Waals surface area contributed by atoms with Gasteiger partial charge in [0.2, 0.25) is 0 Å². The largest absolute Gasteiger partial charge is 0.310 e. The van der Waals surface area contributed by atoms with E-state index in [0.717, 1.165) is 71.4 Å². The Morgan fingerprint density at radius 2 is 0.984 bits per heavy atom. The minimum Gasteiger partial charge on any atom is -0.310 e. The fraction of sp³-hybridized carbons (Fsp3) is 0.0526. The van der Waals surface area contributed by atoms with Gasteiger partial charge < -0.3 is 14.0 Å². The third-order valence-corrected chi connectivity index (χ3v) is 13.1. The van der Waals surface area contributed by atoms with Gasteiger partial charge in [-0.15, -0.1) is 0 Å². The molecule has 5 nitrogen and oxygen atoms in total. The molecule has 0 atom stereocenters. The number of rotatable bonds is 5. The van der Waals surface area contributed by atoms with Crippen molar-refractivity contribution in [1.29, 1.82) is 10.5 Å². The summed E-state index contributed by atoms with van der Waals surface area (Å²) in [5, 5.41) is 29.0. The standard InChI is InChI=1S/C57H37N5/c1-57(2)47-23-13-11-21-43(47)44-27-30-51-55(56(44)57)46-33-41(60(39-16-5-3-6-17-39)40-18-7-4-8-19-40)26-29-49(46)62(51)53-32-37(34-58)52(31-38(53)35-59)61-48-24-14-12-22-45(48)54-42-20-10-9-15-36(42)25-28-50(54)61/h3-33H,1-2H3. The molecule has 0 fully saturated rings. The molecule has 0 saturated carbocycles. The van der Waals surface area contributed by atoms with Crippen LogP contribution in [0.3, 0.4) is 0 Å². The van der Waals surface area contributed by atoms with Crippen LogP contribution in [0.25, 0.3) is 76.9 Å². The van der Waals surface area contributed by atoms with E-state index < -0.39 is 0 Å². The Balaban J connectivity index is 1.16. The molecular weight excluding hydrogens is 755 g/mol. The maximum Gasteiger partial charge on any atom is 0.101 e. The van der Waals surface area contributed by atoms with Crippen molar-refractivity contribution in [3.05, 3.63) is 210 Å². The SMILES string of the molecule is CC1(C)c2ccccc2-c2ccc3c(c21)c1cc(N(c2ccccc2)c2ccccc2)ccc1n3-c1cc(C#N)c(-n2c3ccccc3c3c4ccccc4ccc32)cc1C#N. The van der Waals surface area contributed by atoms with Gasteiger partial charge in [0.1, 0.15) is 12.1 Å². The molecule has 0 radical (unpaired) electrons. The summed E-state index contributed by atoms with van der Waals surface area (Å²) in [5.41, 5.74) is 14.1. The van der Waals surface area contributed by atoms with Crippen molar-refractivity contribution < 1.29 is 0 Å². The molecule has 9 aromatic carbocycles. The lowest BCUT2D eigenvalue weighted by atomic mass is 9.80. The van der Waals surface area contributed by atoms with Crippen LogP contribution in [0.5, 0.6) is 0 Å². The quantitative estimate of drug-likeness (QED) is 0.174. The zero-order valence-corrected chi connectivity index (χ0v) is 34.1. The summed E-state index contributed by atoms with van der Waals surface area (Å²) in [6.07, 6.45) is 0. The highest BCUT2D eigenvalue weighted by Gasteiger charge is 2.38. The van der Waals surface area contributed by atoms with Gasteiger partial charge in [0, 0.05) is 44.0 Å². The van der Waals surface area contributed by atoms with Gasteiger partial charge in [0.05, 0.1) is 44.6 Å². The number of fused-ring (bicyclic) bond motifs is 12. The first-order valence-corrected chi connectivity index (χ1v) is 21.0. The minimum absolute atomic E-state index is 0.306. The number of nitriles is 2. The molecule has 290 valence electrons. The Bertz CT molecular complexity index is 3700. The molecule has 0 amide bonds. The summed E-state index contributed by atoms with van der Waals surface area (Å²) in [5.74, 6) is 0. The van der Waals surface area contributed by atoms with E-state index in [0.29, 0.717) is 22.5 Å². The highest BCUT2D eigenvalue weighted by molar-refractivity contribution is 6.21. The molecule has 1 aliphatic carbocycles. The third-order valence-electron chi connectivity index (χ3n) is 13.1. The summed E-state index contributed by atoms with van der Waals surface area (Å²) < 4.78 is 4.37. The van der Waals surface area contributed by atoms with Crippen molar-refractivity contribution in [3.8, 4) is 34.6 Å². The zero-order valence-electron chi connectivity index (χ0n) is 34.1. The summed E-state index contributed by atoms with van der Waals surface area (Å²) in [7, 11) is 0. The van der Waals surface area contributed by atoms with Gasteiger partial charge in [-0.3, -0.25) is 0 Å². The van der Waals surface area contributed by atoms with Crippen molar-refractivity contribution >= 4 is 71.4 Å². The Kier molecular flexibility index (Phi) is 7.64. The van der Waals surface area contributed by atoms with Crippen molar-refractivity contribution in [2.24, 2.45) is 0 Å². The Morgan fingerprint density at radius 3 is 1.68 bits per heavy atom. The number of para-hydroxylation sites is 3. The number of aromatic nitrogens is 2. The van der Waals surface area contributed by atoms with Gasteiger partial charge >= 0.3 is 0 Å². The van der Waals surface area contributed by atoms with Crippen molar-refractivity contribution in [2.45, 2.75) is 19.3 Å². The Hall–Kier alpha value is -8.38. The number of anilines is 3. The molecule has 0 saturated heterocycles. The predicted octanol–water partition coefficient (Wildman–Crippen LogP) is 14.6. The van der Waals surface area contributed by atoms with Crippen LogP contribution in [-0.2, 0) is 5.41 Å². The number of hydrogen-bond donors (Lipinski definition) is 0. The van der Waals surface area contributed by atoms with E-state index in [1.165, 1.54) is 22.3 Å². The topological polar surface area (TPSA) is 60.7 Å². The first-order chi connectivity index (χ1) is 30.5. The van der Waals surface area contributed by atoms with E-state index in [9.17, 15) is 10.5 Å². The second-order valence-corrected chi connectivity index (χ2v) is 16.7. The second-order valence-electron chi connectivity index (χ2n) is 16.7. The van der Waals surface area contributed by atoms with E-state index in [4.69, 9.17) is 0 Å². The second kappa shape index (κ2) is 13.3. The molecule has 62 heavy (non-hydrogen) atoms. The van der Waals surface area contributed by atoms with Gasteiger partial charge in [0.15, 0.2) is 0 Å². The van der Waals surface area contributed by atoms with Crippen molar-refractivity contribution in [1.82, 2.24) is 9.13 Å². The molecule has 5 heteroatoms. The molecule has 2 aromatic heterocycles. The molecule has 0 N–H and O–H groups in total. The highest BCUT2D eigenvalue weighted by Crippen LogP contribution is 2.54. The summed E-state index contributed by atoms with van der Waals surface area (Å²) >= 11 is 0. The normalized spacial score (nSPS) is 12.8. The van der Waals surface area contributed by atoms with Gasteiger partial charge in [0.25, 0.3) is 0 Å². The van der Waals surface area contributed by atoms with Crippen LogP contribution >= 0.6 is 0 Å². The van der Waals surface area contributed by atoms with Gasteiger partial charge in [-0.1, -0.05) is 129 Å². The molecule has 0 spiro atoms. The van der Waals surface area contributed by atoms with E-state index in [1.807, 2.05) is 30.3 Å². The molecule has 0 bridgehead atoms. The highest BCUT2D eigenvalue weighted by atomic mass is 15.1. The third kappa shape index (κ3) is 4.94. The number of benzene rings is 9. The minimum atomic E-state index is -0.306. The molecule has 0 unspecified atom stereocenters. The monoisotopic (exact) mass is 791 g/mol. The predicted molar refractivity (Wildman–Crippen MR) is 254 cm³/mol. The van der Waals surface area contributed by atoms with Crippen molar-refractivity contribution in [2.75, 3.05) is 4.90 Å². The van der Waals surface area contributed by atoms with Gasteiger partial charge in [-0.05, 0) is 106 Å². The van der Waals surface area contributed by atoms with Crippen LogP contribution in [0, 0.1) is 22.7 Å².